The molecule has 1 aromatic heterocycles. The highest BCUT2D eigenvalue weighted by Gasteiger charge is 2.10. The van der Waals surface area contributed by atoms with E-state index < -0.39 is 0 Å². The molecular formula is C9H9NO2. The highest BCUT2D eigenvalue weighted by atomic mass is 16.5. The molecule has 3 nitrogen and oxygen atoms in total. The maximum Gasteiger partial charge on any atom is 0.224 e. The van der Waals surface area contributed by atoms with Crippen LogP contribution in [0.2, 0.25) is 0 Å². The Morgan fingerprint density at radius 1 is 1.58 bits per heavy atom. The van der Waals surface area contributed by atoms with Gasteiger partial charge in [-0.25, -0.2) is 4.98 Å². The molecule has 0 bridgehead atoms. The average molecular weight is 163 g/mol. The SMILES string of the molecule is COc1ccnc2c1C=CCO2. The van der Waals surface area contributed by atoms with E-state index in [2.05, 4.69) is 4.98 Å². The molecule has 0 spiro atoms. The molecule has 12 heavy (non-hydrogen) atoms. The van der Waals surface area contributed by atoms with Crippen molar-refractivity contribution in [3.63, 3.8) is 0 Å². The normalized spacial score (nSPS) is 13.4. The van der Waals surface area contributed by atoms with Crippen molar-refractivity contribution in [1.29, 1.82) is 0 Å². The number of hydrogen-bond donors (Lipinski definition) is 0. The van der Waals surface area contributed by atoms with Gasteiger partial charge >= 0.3 is 0 Å². The van der Waals surface area contributed by atoms with E-state index >= 15 is 0 Å². The van der Waals surface area contributed by atoms with E-state index in [4.69, 9.17) is 9.47 Å². The Bertz CT molecular complexity index is 320. The molecule has 1 aromatic rings. The van der Waals surface area contributed by atoms with E-state index in [0.717, 1.165) is 11.3 Å². The number of fused-ring (bicyclic) bond motifs is 1. The summed E-state index contributed by atoms with van der Waals surface area (Å²) in [5.74, 6) is 1.45. The highest BCUT2D eigenvalue weighted by Crippen LogP contribution is 2.29. The van der Waals surface area contributed by atoms with Gasteiger partial charge in [-0.15, -0.1) is 0 Å². The van der Waals surface area contributed by atoms with Crippen molar-refractivity contribution in [3.05, 3.63) is 23.9 Å². The number of nitrogens with zero attached hydrogens (tertiary/aromatic N) is 1. The van der Waals surface area contributed by atoms with E-state index in [-0.39, 0.29) is 0 Å². The van der Waals surface area contributed by atoms with E-state index in [1.54, 1.807) is 13.3 Å². The van der Waals surface area contributed by atoms with Crippen molar-refractivity contribution in [2.24, 2.45) is 0 Å². The van der Waals surface area contributed by atoms with Gasteiger partial charge in [0.2, 0.25) is 5.88 Å². The van der Waals surface area contributed by atoms with Gasteiger partial charge in [-0.1, -0.05) is 0 Å². The summed E-state index contributed by atoms with van der Waals surface area (Å²) in [6.07, 6.45) is 5.58. The van der Waals surface area contributed by atoms with Crippen molar-refractivity contribution < 1.29 is 9.47 Å². The summed E-state index contributed by atoms with van der Waals surface area (Å²) in [7, 11) is 1.64. The van der Waals surface area contributed by atoms with Gasteiger partial charge in [-0.05, 0) is 18.2 Å². The molecule has 0 fully saturated rings. The molecule has 0 atom stereocenters. The quantitative estimate of drug-likeness (QED) is 0.628. The zero-order chi connectivity index (χ0) is 8.39. The molecule has 2 rings (SSSR count). The summed E-state index contributed by atoms with van der Waals surface area (Å²) in [6, 6.07) is 1.82. The lowest BCUT2D eigenvalue weighted by Gasteiger charge is -2.13. The third-order valence-corrected chi connectivity index (χ3v) is 1.73. The van der Waals surface area contributed by atoms with Gasteiger partial charge in [0.1, 0.15) is 12.4 Å². The molecule has 0 saturated carbocycles. The van der Waals surface area contributed by atoms with E-state index in [1.807, 2.05) is 18.2 Å². The minimum absolute atomic E-state index is 0.590. The molecule has 0 aliphatic carbocycles. The van der Waals surface area contributed by atoms with Crippen LogP contribution in [0.1, 0.15) is 5.56 Å². The molecule has 1 aliphatic heterocycles. The summed E-state index contributed by atoms with van der Waals surface area (Å²) in [5.41, 5.74) is 0.922. The number of rotatable bonds is 1. The van der Waals surface area contributed by atoms with Crippen molar-refractivity contribution in [1.82, 2.24) is 4.98 Å². The molecule has 0 aromatic carbocycles. The Hall–Kier alpha value is -1.51. The minimum atomic E-state index is 0.590. The summed E-state index contributed by atoms with van der Waals surface area (Å²) < 4.78 is 10.4. The molecule has 2 heterocycles. The lowest BCUT2D eigenvalue weighted by molar-refractivity contribution is 0.337. The Kier molecular flexibility index (Phi) is 1.70. The summed E-state index contributed by atoms with van der Waals surface area (Å²) in [4.78, 5) is 4.07. The summed E-state index contributed by atoms with van der Waals surface area (Å²) in [5, 5.41) is 0. The van der Waals surface area contributed by atoms with E-state index in [0.29, 0.717) is 12.5 Å². The minimum Gasteiger partial charge on any atom is -0.496 e. The molecular weight excluding hydrogens is 154 g/mol. The van der Waals surface area contributed by atoms with Crippen LogP contribution >= 0.6 is 0 Å². The predicted octanol–water partition coefficient (Wildman–Crippen LogP) is 1.50. The maximum absolute atomic E-state index is 5.29. The second kappa shape index (κ2) is 2.85. The van der Waals surface area contributed by atoms with Crippen molar-refractivity contribution in [2.45, 2.75) is 0 Å². The largest absolute Gasteiger partial charge is 0.496 e. The number of hydrogen-bond acceptors (Lipinski definition) is 3. The molecule has 1 aliphatic rings. The topological polar surface area (TPSA) is 31.4 Å². The van der Waals surface area contributed by atoms with Gasteiger partial charge in [-0.2, -0.15) is 0 Å². The second-order valence-electron chi connectivity index (χ2n) is 2.45. The Morgan fingerprint density at radius 2 is 2.50 bits per heavy atom. The molecule has 0 amide bonds. The fraction of sp³-hybridized carbons (Fsp3) is 0.222. The first kappa shape index (κ1) is 7.16. The van der Waals surface area contributed by atoms with Crippen LogP contribution in [0.15, 0.2) is 18.3 Å². The average Bonchev–Trinajstić information content (AvgIpc) is 2.17. The van der Waals surface area contributed by atoms with Crippen molar-refractivity contribution >= 4 is 6.08 Å². The molecule has 3 heteroatoms. The highest BCUT2D eigenvalue weighted by molar-refractivity contribution is 5.63. The van der Waals surface area contributed by atoms with Crippen molar-refractivity contribution in [3.8, 4) is 11.6 Å². The zero-order valence-electron chi connectivity index (χ0n) is 6.78. The third kappa shape index (κ3) is 1.03. The van der Waals surface area contributed by atoms with Gasteiger partial charge in [0.05, 0.1) is 12.7 Å². The van der Waals surface area contributed by atoms with Crippen molar-refractivity contribution in [2.75, 3.05) is 13.7 Å². The van der Waals surface area contributed by atoms with Gasteiger partial charge in [0.25, 0.3) is 0 Å². The monoisotopic (exact) mass is 163 g/mol. The van der Waals surface area contributed by atoms with Gasteiger partial charge < -0.3 is 9.47 Å². The first-order chi connectivity index (χ1) is 5.92. The van der Waals surface area contributed by atoms with E-state index in [1.165, 1.54) is 0 Å². The Labute approximate surface area is 70.6 Å². The molecule has 0 unspecified atom stereocenters. The fourth-order valence-corrected chi connectivity index (χ4v) is 1.18. The Balaban J connectivity index is 2.54. The van der Waals surface area contributed by atoms with Gasteiger partial charge in [-0.3, -0.25) is 0 Å². The van der Waals surface area contributed by atoms with E-state index in [9.17, 15) is 0 Å². The number of pyridine rings is 1. The number of ether oxygens (including phenoxy) is 2. The van der Waals surface area contributed by atoms with Crippen LogP contribution < -0.4 is 9.47 Å². The molecule has 62 valence electrons. The lowest BCUT2D eigenvalue weighted by Crippen LogP contribution is -2.03. The maximum atomic E-state index is 5.29. The summed E-state index contributed by atoms with van der Waals surface area (Å²) in [6.45, 7) is 0.590. The number of aromatic nitrogens is 1. The summed E-state index contributed by atoms with van der Waals surface area (Å²) >= 11 is 0. The lowest BCUT2D eigenvalue weighted by atomic mass is 10.2. The first-order valence-electron chi connectivity index (χ1n) is 3.74. The fourth-order valence-electron chi connectivity index (χ4n) is 1.18. The van der Waals surface area contributed by atoms with Gasteiger partial charge in [0.15, 0.2) is 0 Å². The smallest absolute Gasteiger partial charge is 0.224 e. The molecule has 0 N–H and O–H groups in total. The molecule has 0 saturated heterocycles. The third-order valence-electron chi connectivity index (χ3n) is 1.73. The van der Waals surface area contributed by atoms with Crippen LogP contribution in [0.4, 0.5) is 0 Å². The van der Waals surface area contributed by atoms with Crippen LogP contribution in [-0.2, 0) is 0 Å². The van der Waals surface area contributed by atoms with Crippen LogP contribution in [0.25, 0.3) is 6.08 Å². The second-order valence-corrected chi connectivity index (χ2v) is 2.45. The Morgan fingerprint density at radius 3 is 3.33 bits per heavy atom. The standard InChI is InChI=1S/C9H9NO2/c1-11-8-4-5-10-9-7(8)3-2-6-12-9/h2-5H,6H2,1H3. The molecule has 0 radical (unpaired) electrons. The first-order valence-corrected chi connectivity index (χ1v) is 3.74. The van der Waals surface area contributed by atoms with Gasteiger partial charge in [0, 0.05) is 6.20 Å². The van der Waals surface area contributed by atoms with Crippen LogP contribution in [0.5, 0.6) is 11.6 Å². The van der Waals surface area contributed by atoms with Crippen LogP contribution in [0.3, 0.4) is 0 Å². The zero-order valence-corrected chi connectivity index (χ0v) is 6.78. The van der Waals surface area contributed by atoms with Crippen LogP contribution in [0, 0.1) is 0 Å². The van der Waals surface area contributed by atoms with Crippen LogP contribution in [-0.4, -0.2) is 18.7 Å². The predicted molar refractivity (Wildman–Crippen MR) is 45.3 cm³/mol. The number of methoxy groups -OCH3 is 1.